The Kier molecular flexibility index (Phi) is 5.36. The van der Waals surface area contributed by atoms with Gasteiger partial charge >= 0.3 is 0 Å². The van der Waals surface area contributed by atoms with E-state index in [1.54, 1.807) is 32.0 Å². The second kappa shape index (κ2) is 6.78. The van der Waals surface area contributed by atoms with E-state index in [0.717, 1.165) is 0 Å². The summed E-state index contributed by atoms with van der Waals surface area (Å²) in [6, 6.07) is 4.42. The van der Waals surface area contributed by atoms with Crippen molar-refractivity contribution in [2.45, 2.75) is 26.3 Å². The minimum atomic E-state index is -0.520. The summed E-state index contributed by atoms with van der Waals surface area (Å²) in [4.78, 5) is 23.6. The number of carbonyl (C=O) groups is 2. The number of hydrogen-bond donors (Lipinski definition) is 1. The Morgan fingerprint density at radius 1 is 1.26 bits per heavy atom. The molecule has 1 aromatic carbocycles. The molecule has 1 amide bonds. The molecule has 0 fully saturated rings. The molecule has 1 unspecified atom stereocenters. The van der Waals surface area contributed by atoms with Crippen LogP contribution in [-0.2, 0) is 4.79 Å². The average molecular weight is 265 g/mol. The van der Waals surface area contributed by atoms with E-state index >= 15 is 0 Å². The number of benzene rings is 1. The van der Waals surface area contributed by atoms with Crippen LogP contribution in [0.2, 0.25) is 0 Å². The third-order valence-corrected chi connectivity index (χ3v) is 2.83. The first kappa shape index (κ1) is 15.0. The van der Waals surface area contributed by atoms with Gasteiger partial charge in [0.05, 0.1) is 25.8 Å². The maximum absolute atomic E-state index is 12.1. The molecular weight excluding hydrogens is 246 g/mol. The quantitative estimate of drug-likeness (QED) is 0.851. The predicted octanol–water partition coefficient (Wildman–Crippen LogP) is 1.80. The van der Waals surface area contributed by atoms with Gasteiger partial charge in [0.15, 0.2) is 5.78 Å². The molecule has 5 heteroatoms. The van der Waals surface area contributed by atoms with Crippen LogP contribution in [0, 0.1) is 0 Å². The molecule has 0 aliphatic heterocycles. The van der Waals surface area contributed by atoms with Gasteiger partial charge in [-0.25, -0.2) is 0 Å². The summed E-state index contributed by atoms with van der Waals surface area (Å²) in [6.45, 7) is 3.42. The number of amides is 1. The molecule has 1 rings (SSSR count). The Balaban J connectivity index is 2.94. The van der Waals surface area contributed by atoms with Gasteiger partial charge in [-0.1, -0.05) is 6.92 Å². The van der Waals surface area contributed by atoms with Crippen LogP contribution in [0.1, 0.15) is 30.6 Å². The lowest BCUT2D eigenvalue weighted by atomic mass is 10.1. The minimum Gasteiger partial charge on any atom is -0.497 e. The van der Waals surface area contributed by atoms with Crippen molar-refractivity contribution >= 4 is 11.7 Å². The lowest BCUT2D eigenvalue weighted by Gasteiger charge is -2.14. The van der Waals surface area contributed by atoms with Gasteiger partial charge in [0.2, 0.25) is 0 Å². The van der Waals surface area contributed by atoms with Crippen molar-refractivity contribution in [3.63, 3.8) is 0 Å². The van der Waals surface area contributed by atoms with E-state index < -0.39 is 6.04 Å². The van der Waals surface area contributed by atoms with E-state index in [1.807, 2.05) is 0 Å². The first-order chi connectivity index (χ1) is 9.03. The average Bonchev–Trinajstić information content (AvgIpc) is 2.45. The number of hydrogen-bond acceptors (Lipinski definition) is 4. The van der Waals surface area contributed by atoms with Crippen molar-refractivity contribution in [1.82, 2.24) is 5.32 Å². The van der Waals surface area contributed by atoms with E-state index in [0.29, 0.717) is 23.5 Å². The molecule has 0 heterocycles. The van der Waals surface area contributed by atoms with Crippen LogP contribution in [-0.4, -0.2) is 32.0 Å². The second-order valence-electron chi connectivity index (χ2n) is 4.08. The summed E-state index contributed by atoms with van der Waals surface area (Å²) in [5.74, 6) is 0.620. The van der Waals surface area contributed by atoms with Gasteiger partial charge in [0.25, 0.3) is 5.91 Å². The molecule has 5 nitrogen and oxygen atoms in total. The SMILES string of the molecule is CCC(=O)C(C)NC(=O)c1cc(OC)ccc1OC. The molecule has 104 valence electrons. The number of ether oxygens (including phenoxy) is 2. The van der Waals surface area contributed by atoms with Crippen molar-refractivity contribution in [1.29, 1.82) is 0 Å². The Morgan fingerprint density at radius 2 is 1.95 bits per heavy atom. The molecule has 19 heavy (non-hydrogen) atoms. The maximum Gasteiger partial charge on any atom is 0.255 e. The molecule has 0 aliphatic rings. The highest BCUT2D eigenvalue weighted by atomic mass is 16.5. The molecule has 0 radical (unpaired) electrons. The molecule has 1 aromatic rings. The topological polar surface area (TPSA) is 64.6 Å². The van der Waals surface area contributed by atoms with Crippen LogP contribution in [0.5, 0.6) is 11.5 Å². The van der Waals surface area contributed by atoms with Gasteiger partial charge < -0.3 is 14.8 Å². The van der Waals surface area contributed by atoms with Crippen molar-refractivity contribution in [3.05, 3.63) is 23.8 Å². The highest BCUT2D eigenvalue weighted by molar-refractivity contribution is 6.00. The van der Waals surface area contributed by atoms with Crippen LogP contribution in [0.25, 0.3) is 0 Å². The molecular formula is C14H19NO4. The van der Waals surface area contributed by atoms with Crippen LogP contribution in [0.15, 0.2) is 18.2 Å². The summed E-state index contributed by atoms with van der Waals surface area (Å²) in [7, 11) is 3.01. The monoisotopic (exact) mass is 265 g/mol. The fourth-order valence-corrected chi connectivity index (χ4v) is 1.65. The largest absolute Gasteiger partial charge is 0.497 e. The zero-order chi connectivity index (χ0) is 14.4. The summed E-state index contributed by atoms with van der Waals surface area (Å²) in [5, 5.41) is 2.65. The highest BCUT2D eigenvalue weighted by Gasteiger charge is 2.18. The van der Waals surface area contributed by atoms with E-state index in [1.165, 1.54) is 14.2 Å². The fraction of sp³-hybridized carbons (Fsp3) is 0.429. The molecule has 0 aliphatic carbocycles. The van der Waals surface area contributed by atoms with Crippen molar-refractivity contribution in [3.8, 4) is 11.5 Å². The summed E-state index contributed by atoms with van der Waals surface area (Å²) >= 11 is 0. The molecule has 0 saturated heterocycles. The van der Waals surface area contributed by atoms with E-state index in [9.17, 15) is 9.59 Å². The third kappa shape index (κ3) is 3.71. The summed E-state index contributed by atoms with van der Waals surface area (Å²) in [5.41, 5.74) is 0.345. The lowest BCUT2D eigenvalue weighted by Crippen LogP contribution is -2.38. The highest BCUT2D eigenvalue weighted by Crippen LogP contribution is 2.23. The van der Waals surface area contributed by atoms with Crippen molar-refractivity contribution in [2.24, 2.45) is 0 Å². The standard InChI is InChI=1S/C14H19NO4/c1-5-12(16)9(2)15-14(17)11-8-10(18-3)6-7-13(11)19-4/h6-9H,5H2,1-4H3,(H,15,17). The molecule has 1 atom stereocenters. The zero-order valence-electron chi connectivity index (χ0n) is 11.6. The van der Waals surface area contributed by atoms with E-state index in [4.69, 9.17) is 9.47 Å². The second-order valence-corrected chi connectivity index (χ2v) is 4.08. The van der Waals surface area contributed by atoms with Crippen LogP contribution < -0.4 is 14.8 Å². The van der Waals surface area contributed by atoms with Crippen LogP contribution >= 0.6 is 0 Å². The minimum absolute atomic E-state index is 0.0183. The first-order valence-corrected chi connectivity index (χ1v) is 6.09. The third-order valence-electron chi connectivity index (χ3n) is 2.83. The molecule has 0 spiro atoms. The Labute approximate surface area is 112 Å². The smallest absolute Gasteiger partial charge is 0.255 e. The molecule has 0 aromatic heterocycles. The normalized spacial score (nSPS) is 11.6. The number of Topliss-reactive ketones (excluding diaryl/α,β-unsaturated/α-hetero) is 1. The van der Waals surface area contributed by atoms with Gasteiger partial charge in [0.1, 0.15) is 11.5 Å². The van der Waals surface area contributed by atoms with E-state index in [2.05, 4.69) is 5.32 Å². The van der Waals surface area contributed by atoms with E-state index in [-0.39, 0.29) is 11.7 Å². The predicted molar refractivity (Wildman–Crippen MR) is 71.8 cm³/mol. The van der Waals surface area contributed by atoms with Gasteiger partial charge in [-0.3, -0.25) is 9.59 Å². The van der Waals surface area contributed by atoms with Gasteiger partial charge in [0, 0.05) is 6.42 Å². The maximum atomic E-state index is 12.1. The number of nitrogens with one attached hydrogen (secondary N) is 1. The van der Waals surface area contributed by atoms with Gasteiger partial charge in [-0.05, 0) is 25.1 Å². The number of ketones is 1. The summed E-state index contributed by atoms with van der Waals surface area (Å²) < 4.78 is 10.2. The zero-order valence-corrected chi connectivity index (χ0v) is 11.6. The summed E-state index contributed by atoms with van der Waals surface area (Å²) in [6.07, 6.45) is 0.386. The number of methoxy groups -OCH3 is 2. The fourth-order valence-electron chi connectivity index (χ4n) is 1.65. The molecule has 1 N–H and O–H groups in total. The van der Waals surface area contributed by atoms with Crippen LogP contribution in [0.3, 0.4) is 0 Å². The molecule has 0 saturated carbocycles. The Bertz CT molecular complexity index is 471. The van der Waals surface area contributed by atoms with Gasteiger partial charge in [-0.2, -0.15) is 0 Å². The van der Waals surface area contributed by atoms with Crippen LogP contribution in [0.4, 0.5) is 0 Å². The number of rotatable bonds is 6. The first-order valence-electron chi connectivity index (χ1n) is 6.09. The lowest BCUT2D eigenvalue weighted by molar-refractivity contribution is -0.120. The Morgan fingerprint density at radius 3 is 2.47 bits per heavy atom. The van der Waals surface area contributed by atoms with Gasteiger partial charge in [-0.15, -0.1) is 0 Å². The Hall–Kier alpha value is -2.04. The van der Waals surface area contributed by atoms with Crippen molar-refractivity contribution in [2.75, 3.05) is 14.2 Å². The molecule has 0 bridgehead atoms. The van der Waals surface area contributed by atoms with Crippen molar-refractivity contribution < 1.29 is 19.1 Å². The number of carbonyl (C=O) groups excluding carboxylic acids is 2.